The van der Waals surface area contributed by atoms with E-state index in [1.54, 1.807) is 13.2 Å². The molecule has 20 heavy (non-hydrogen) atoms. The largest absolute Gasteiger partial charge is 0.497 e. The van der Waals surface area contributed by atoms with Crippen molar-refractivity contribution in [3.63, 3.8) is 0 Å². The van der Waals surface area contributed by atoms with Gasteiger partial charge >= 0.3 is 0 Å². The number of hydrogen-bond acceptors (Lipinski definition) is 2. The molecular formula is C16H14ClFO2. The van der Waals surface area contributed by atoms with Crippen LogP contribution in [0.2, 0.25) is 5.02 Å². The lowest BCUT2D eigenvalue weighted by Crippen LogP contribution is -2.02. The zero-order valence-electron chi connectivity index (χ0n) is 11.0. The van der Waals surface area contributed by atoms with E-state index in [2.05, 4.69) is 0 Å². The van der Waals surface area contributed by atoms with Crippen LogP contribution >= 0.6 is 11.6 Å². The maximum atomic E-state index is 13.3. The number of benzene rings is 2. The number of hydrogen-bond donors (Lipinski definition) is 0. The maximum absolute atomic E-state index is 13.3. The molecule has 104 valence electrons. The third kappa shape index (κ3) is 3.58. The Morgan fingerprint density at radius 3 is 2.75 bits per heavy atom. The summed E-state index contributed by atoms with van der Waals surface area (Å²) in [5.74, 6) is 0.0785. The number of aryl methyl sites for hydroxylation is 1. The fraction of sp³-hybridized carbons (Fsp3) is 0.188. The lowest BCUT2D eigenvalue weighted by molar-refractivity contribution is 0.0982. The van der Waals surface area contributed by atoms with Gasteiger partial charge in [0.25, 0.3) is 0 Å². The summed E-state index contributed by atoms with van der Waals surface area (Å²) >= 11 is 5.59. The van der Waals surface area contributed by atoms with Gasteiger partial charge in [-0.3, -0.25) is 4.79 Å². The zero-order chi connectivity index (χ0) is 14.5. The van der Waals surface area contributed by atoms with Crippen molar-refractivity contribution in [2.24, 2.45) is 0 Å². The van der Waals surface area contributed by atoms with Gasteiger partial charge in [-0.1, -0.05) is 23.7 Å². The molecule has 0 aliphatic rings. The highest BCUT2D eigenvalue weighted by molar-refractivity contribution is 6.30. The van der Waals surface area contributed by atoms with E-state index in [0.29, 0.717) is 18.4 Å². The van der Waals surface area contributed by atoms with Crippen LogP contribution in [0.3, 0.4) is 0 Å². The smallest absolute Gasteiger partial charge is 0.163 e. The van der Waals surface area contributed by atoms with E-state index in [1.807, 2.05) is 24.3 Å². The van der Waals surface area contributed by atoms with Gasteiger partial charge in [0.1, 0.15) is 11.6 Å². The second-order valence-electron chi connectivity index (χ2n) is 4.40. The Hall–Kier alpha value is -1.87. The number of carbonyl (C=O) groups excluding carboxylic acids is 1. The minimum absolute atomic E-state index is 0.0225. The predicted octanol–water partition coefficient (Wildman–Crippen LogP) is 4.30. The molecule has 0 N–H and O–H groups in total. The molecule has 0 spiro atoms. The van der Waals surface area contributed by atoms with E-state index in [9.17, 15) is 9.18 Å². The normalized spacial score (nSPS) is 10.3. The predicted molar refractivity (Wildman–Crippen MR) is 77.1 cm³/mol. The quantitative estimate of drug-likeness (QED) is 0.768. The molecule has 2 aromatic carbocycles. The van der Waals surface area contributed by atoms with Crippen molar-refractivity contribution in [3.05, 3.63) is 64.4 Å². The van der Waals surface area contributed by atoms with Crippen LogP contribution in [0, 0.1) is 5.82 Å². The molecule has 4 heteroatoms. The molecular weight excluding hydrogens is 279 g/mol. The third-order valence-electron chi connectivity index (χ3n) is 3.02. The molecule has 0 unspecified atom stereocenters. The molecule has 0 amide bonds. The average Bonchev–Trinajstić information content (AvgIpc) is 2.47. The standard InChI is InChI=1S/C16H14ClFO2/c1-20-13-4-2-3-11(9-13)5-8-16(19)12-6-7-14(17)15(18)10-12/h2-4,6-7,9-10H,5,8H2,1H3. The molecule has 2 nitrogen and oxygen atoms in total. The van der Waals surface area contributed by atoms with Crippen molar-refractivity contribution < 1.29 is 13.9 Å². The van der Waals surface area contributed by atoms with Crippen LogP contribution < -0.4 is 4.74 Å². The van der Waals surface area contributed by atoms with Gasteiger partial charge in [-0.15, -0.1) is 0 Å². The summed E-state index contributed by atoms with van der Waals surface area (Å²) in [6, 6.07) is 11.7. The Morgan fingerprint density at radius 1 is 1.25 bits per heavy atom. The van der Waals surface area contributed by atoms with Crippen LogP contribution in [-0.4, -0.2) is 12.9 Å². The summed E-state index contributed by atoms with van der Waals surface area (Å²) in [5, 5.41) is 0.0225. The summed E-state index contributed by atoms with van der Waals surface area (Å²) in [7, 11) is 1.60. The molecule has 0 aromatic heterocycles. The van der Waals surface area contributed by atoms with Crippen molar-refractivity contribution in [1.29, 1.82) is 0 Å². The van der Waals surface area contributed by atoms with Gasteiger partial charge in [-0.05, 0) is 42.3 Å². The topological polar surface area (TPSA) is 26.3 Å². The highest BCUT2D eigenvalue weighted by atomic mass is 35.5. The molecule has 0 saturated heterocycles. The van der Waals surface area contributed by atoms with Gasteiger partial charge in [-0.25, -0.2) is 4.39 Å². The summed E-state index contributed by atoms with van der Waals surface area (Å²) in [6.45, 7) is 0. The minimum atomic E-state index is -0.570. The van der Waals surface area contributed by atoms with Gasteiger partial charge in [0.2, 0.25) is 0 Å². The van der Waals surface area contributed by atoms with E-state index in [-0.39, 0.29) is 10.8 Å². The monoisotopic (exact) mass is 292 g/mol. The Kier molecular flexibility index (Phi) is 4.74. The van der Waals surface area contributed by atoms with E-state index in [1.165, 1.54) is 12.1 Å². The second-order valence-corrected chi connectivity index (χ2v) is 4.81. The Bertz CT molecular complexity index is 626. The molecule has 0 radical (unpaired) electrons. The van der Waals surface area contributed by atoms with Crippen molar-refractivity contribution in [2.75, 3.05) is 7.11 Å². The van der Waals surface area contributed by atoms with Crippen LogP contribution in [0.15, 0.2) is 42.5 Å². The van der Waals surface area contributed by atoms with Crippen molar-refractivity contribution in [1.82, 2.24) is 0 Å². The first kappa shape index (κ1) is 14.5. The zero-order valence-corrected chi connectivity index (χ0v) is 11.8. The first-order valence-electron chi connectivity index (χ1n) is 6.21. The molecule has 0 saturated carbocycles. The first-order chi connectivity index (χ1) is 9.60. The molecule has 0 heterocycles. The summed E-state index contributed by atoms with van der Waals surface area (Å²) in [6.07, 6.45) is 0.897. The molecule has 0 fully saturated rings. The number of rotatable bonds is 5. The van der Waals surface area contributed by atoms with Crippen molar-refractivity contribution >= 4 is 17.4 Å². The molecule has 2 aromatic rings. The van der Waals surface area contributed by atoms with Gasteiger partial charge in [0, 0.05) is 12.0 Å². The number of halogens is 2. The maximum Gasteiger partial charge on any atom is 0.163 e. The first-order valence-corrected chi connectivity index (χ1v) is 6.59. The Morgan fingerprint density at radius 2 is 2.05 bits per heavy atom. The third-order valence-corrected chi connectivity index (χ3v) is 3.32. The number of Topliss-reactive ketones (excluding diaryl/α,β-unsaturated/α-hetero) is 1. The highest BCUT2D eigenvalue weighted by Crippen LogP contribution is 2.18. The molecule has 2 rings (SSSR count). The van der Waals surface area contributed by atoms with Crippen LogP contribution in [-0.2, 0) is 6.42 Å². The number of carbonyl (C=O) groups is 1. The van der Waals surface area contributed by atoms with Crippen LogP contribution in [0.5, 0.6) is 5.75 Å². The van der Waals surface area contributed by atoms with E-state index in [4.69, 9.17) is 16.3 Å². The lowest BCUT2D eigenvalue weighted by Gasteiger charge is -2.05. The lowest BCUT2D eigenvalue weighted by atomic mass is 10.0. The summed E-state index contributed by atoms with van der Waals surface area (Å²) in [5.41, 5.74) is 1.35. The van der Waals surface area contributed by atoms with Crippen LogP contribution in [0.4, 0.5) is 4.39 Å². The van der Waals surface area contributed by atoms with Crippen molar-refractivity contribution in [2.45, 2.75) is 12.8 Å². The van der Waals surface area contributed by atoms with Gasteiger partial charge in [-0.2, -0.15) is 0 Å². The average molecular weight is 293 g/mol. The highest BCUT2D eigenvalue weighted by Gasteiger charge is 2.09. The number of methoxy groups -OCH3 is 1. The fourth-order valence-corrected chi connectivity index (χ4v) is 2.02. The summed E-state index contributed by atoms with van der Waals surface area (Å²) in [4.78, 5) is 12.0. The molecule has 0 atom stereocenters. The second kappa shape index (κ2) is 6.53. The minimum Gasteiger partial charge on any atom is -0.497 e. The van der Waals surface area contributed by atoms with E-state index in [0.717, 1.165) is 11.3 Å². The molecule has 0 aliphatic heterocycles. The van der Waals surface area contributed by atoms with Gasteiger partial charge in [0.05, 0.1) is 12.1 Å². The molecule has 0 aliphatic carbocycles. The fourth-order valence-electron chi connectivity index (χ4n) is 1.90. The van der Waals surface area contributed by atoms with Crippen molar-refractivity contribution in [3.8, 4) is 5.75 Å². The number of ketones is 1. The molecule has 0 bridgehead atoms. The Balaban J connectivity index is 2.02. The van der Waals surface area contributed by atoms with Crippen LogP contribution in [0.25, 0.3) is 0 Å². The number of ether oxygens (including phenoxy) is 1. The van der Waals surface area contributed by atoms with E-state index >= 15 is 0 Å². The van der Waals surface area contributed by atoms with Crippen LogP contribution in [0.1, 0.15) is 22.3 Å². The van der Waals surface area contributed by atoms with E-state index < -0.39 is 5.82 Å². The van der Waals surface area contributed by atoms with Gasteiger partial charge < -0.3 is 4.74 Å². The SMILES string of the molecule is COc1cccc(CCC(=O)c2ccc(Cl)c(F)c2)c1. The van der Waals surface area contributed by atoms with Gasteiger partial charge in [0.15, 0.2) is 5.78 Å². The Labute approximate surface area is 122 Å². The summed E-state index contributed by atoms with van der Waals surface area (Å²) < 4.78 is 18.4.